The van der Waals surface area contributed by atoms with E-state index in [0.29, 0.717) is 5.69 Å². The molecule has 0 saturated carbocycles. The number of nitrogens with zero attached hydrogens (tertiary/aromatic N) is 5. The number of ether oxygens (including phenoxy) is 1. The zero-order valence-corrected chi connectivity index (χ0v) is 12.4. The largest absolute Gasteiger partial charge is 0.378 e. The molecule has 0 unspecified atom stereocenters. The number of benzene rings is 1. The molecule has 22 heavy (non-hydrogen) atoms. The van der Waals surface area contributed by atoms with Gasteiger partial charge in [0.05, 0.1) is 23.8 Å². The molecule has 0 bridgehead atoms. The van der Waals surface area contributed by atoms with Crippen LogP contribution in [0.4, 0.5) is 21.5 Å². The molecule has 0 N–H and O–H groups in total. The van der Waals surface area contributed by atoms with Crippen LogP contribution < -0.4 is 4.90 Å². The van der Waals surface area contributed by atoms with Gasteiger partial charge in [-0.15, -0.1) is 10.2 Å². The van der Waals surface area contributed by atoms with E-state index in [2.05, 4.69) is 20.1 Å². The predicted octanol–water partition coefficient (Wildman–Crippen LogP) is 3.30. The van der Waals surface area contributed by atoms with E-state index in [1.165, 1.54) is 6.20 Å². The minimum atomic E-state index is -0.492. The first-order chi connectivity index (χ1) is 10.7. The first-order valence-electron chi connectivity index (χ1n) is 6.67. The van der Waals surface area contributed by atoms with Crippen molar-refractivity contribution in [1.29, 1.82) is 0 Å². The maximum Gasteiger partial charge on any atom is 0.345 e. The molecular formula is C13H13N5O3S. The molecule has 1 aliphatic heterocycles. The molecule has 0 aliphatic carbocycles. The van der Waals surface area contributed by atoms with Crippen molar-refractivity contribution in [3.63, 3.8) is 0 Å². The second-order valence-corrected chi connectivity index (χ2v) is 5.54. The van der Waals surface area contributed by atoms with Crippen LogP contribution in [0.5, 0.6) is 0 Å². The van der Waals surface area contributed by atoms with Crippen molar-refractivity contribution < 1.29 is 9.66 Å². The highest BCUT2D eigenvalue weighted by Gasteiger charge is 2.12. The zero-order chi connectivity index (χ0) is 15.4. The molecule has 1 saturated heterocycles. The number of nitro groups is 1. The van der Waals surface area contributed by atoms with Gasteiger partial charge in [-0.25, -0.2) is 4.98 Å². The molecule has 0 spiro atoms. The molecule has 2 aromatic rings. The van der Waals surface area contributed by atoms with Crippen molar-refractivity contribution in [1.82, 2.24) is 4.98 Å². The summed E-state index contributed by atoms with van der Waals surface area (Å²) < 4.78 is 5.32. The second-order valence-electron chi connectivity index (χ2n) is 4.55. The van der Waals surface area contributed by atoms with Gasteiger partial charge in [-0.3, -0.25) is 10.1 Å². The maximum absolute atomic E-state index is 10.6. The highest BCUT2D eigenvalue weighted by Crippen LogP contribution is 2.29. The van der Waals surface area contributed by atoms with E-state index in [4.69, 9.17) is 4.74 Å². The Kier molecular flexibility index (Phi) is 4.35. The van der Waals surface area contributed by atoms with Crippen molar-refractivity contribution in [2.45, 2.75) is 0 Å². The summed E-state index contributed by atoms with van der Waals surface area (Å²) in [6.45, 7) is 3.24. The lowest BCUT2D eigenvalue weighted by Crippen LogP contribution is -2.36. The molecule has 3 rings (SSSR count). The van der Waals surface area contributed by atoms with E-state index >= 15 is 0 Å². The van der Waals surface area contributed by atoms with Gasteiger partial charge in [-0.1, -0.05) is 0 Å². The second kappa shape index (κ2) is 6.58. The lowest BCUT2D eigenvalue weighted by Gasteiger charge is -2.28. The summed E-state index contributed by atoms with van der Waals surface area (Å²) in [4.78, 5) is 16.2. The molecular weight excluding hydrogens is 306 g/mol. The number of anilines is 1. The summed E-state index contributed by atoms with van der Waals surface area (Å²) in [5, 5.41) is 18.7. The number of azo groups is 1. The Morgan fingerprint density at radius 1 is 1.23 bits per heavy atom. The van der Waals surface area contributed by atoms with Gasteiger partial charge in [0.15, 0.2) is 0 Å². The maximum atomic E-state index is 10.6. The Bertz CT molecular complexity index is 679. The van der Waals surface area contributed by atoms with Crippen LogP contribution in [0.2, 0.25) is 0 Å². The Hall–Kier alpha value is -2.39. The van der Waals surface area contributed by atoms with E-state index < -0.39 is 4.92 Å². The van der Waals surface area contributed by atoms with Gasteiger partial charge in [0, 0.05) is 18.8 Å². The van der Waals surface area contributed by atoms with Crippen LogP contribution in [0, 0.1) is 10.1 Å². The predicted molar refractivity (Wildman–Crippen MR) is 82.4 cm³/mol. The summed E-state index contributed by atoms with van der Waals surface area (Å²) in [6.07, 6.45) is 1.18. The number of thiazole rings is 1. The Morgan fingerprint density at radius 2 is 1.95 bits per heavy atom. The van der Waals surface area contributed by atoms with E-state index in [1.807, 2.05) is 24.3 Å². The average Bonchev–Trinajstić information content (AvgIpc) is 3.04. The summed E-state index contributed by atoms with van der Waals surface area (Å²) in [7, 11) is 0. The van der Waals surface area contributed by atoms with Crippen molar-refractivity contribution in [3.8, 4) is 0 Å². The molecule has 0 atom stereocenters. The van der Waals surface area contributed by atoms with Crippen molar-refractivity contribution in [2.75, 3.05) is 31.2 Å². The standard InChI is InChI=1S/C13H13N5O3S/c19-18(20)12-9-14-13(22-12)16-15-10-1-3-11(4-2-10)17-5-7-21-8-6-17/h1-4,9H,5-8H2. The summed E-state index contributed by atoms with van der Waals surface area (Å²) in [5.41, 5.74) is 1.79. The number of rotatable bonds is 4. The first-order valence-corrected chi connectivity index (χ1v) is 7.49. The molecule has 1 fully saturated rings. The van der Waals surface area contributed by atoms with Gasteiger partial charge < -0.3 is 9.64 Å². The minimum absolute atomic E-state index is 0.0448. The number of aromatic nitrogens is 1. The third-order valence-electron chi connectivity index (χ3n) is 3.14. The van der Waals surface area contributed by atoms with E-state index in [9.17, 15) is 10.1 Å². The van der Waals surface area contributed by atoms with Crippen LogP contribution in [-0.4, -0.2) is 36.2 Å². The van der Waals surface area contributed by atoms with Crippen molar-refractivity contribution >= 4 is 32.8 Å². The normalized spacial score (nSPS) is 15.4. The first kappa shape index (κ1) is 14.5. The molecule has 1 aromatic heterocycles. The monoisotopic (exact) mass is 319 g/mol. The van der Waals surface area contributed by atoms with Gasteiger partial charge >= 0.3 is 5.00 Å². The molecule has 0 radical (unpaired) electrons. The average molecular weight is 319 g/mol. The van der Waals surface area contributed by atoms with Gasteiger partial charge in [-0.2, -0.15) is 0 Å². The lowest BCUT2D eigenvalue weighted by atomic mass is 10.2. The lowest BCUT2D eigenvalue weighted by molar-refractivity contribution is -0.380. The van der Waals surface area contributed by atoms with Crippen molar-refractivity contribution in [2.24, 2.45) is 10.2 Å². The van der Waals surface area contributed by atoms with Crippen LogP contribution in [0.25, 0.3) is 0 Å². The summed E-state index contributed by atoms with van der Waals surface area (Å²) in [6, 6.07) is 7.67. The molecule has 2 heterocycles. The van der Waals surface area contributed by atoms with Crippen LogP contribution in [0.15, 0.2) is 40.7 Å². The highest BCUT2D eigenvalue weighted by molar-refractivity contribution is 7.18. The number of hydrogen-bond donors (Lipinski definition) is 0. The van der Waals surface area contributed by atoms with Crippen LogP contribution >= 0.6 is 11.3 Å². The molecule has 8 nitrogen and oxygen atoms in total. The topological polar surface area (TPSA) is 93.2 Å². The van der Waals surface area contributed by atoms with Crippen molar-refractivity contribution in [3.05, 3.63) is 40.6 Å². The molecule has 1 aliphatic rings. The fraction of sp³-hybridized carbons (Fsp3) is 0.308. The quantitative estimate of drug-likeness (QED) is 0.489. The summed E-state index contributed by atoms with van der Waals surface area (Å²) >= 11 is 0.893. The minimum Gasteiger partial charge on any atom is -0.378 e. The fourth-order valence-corrected chi connectivity index (χ4v) is 2.59. The third-order valence-corrected chi connectivity index (χ3v) is 3.97. The van der Waals surface area contributed by atoms with Crippen LogP contribution in [0.1, 0.15) is 0 Å². The molecule has 9 heteroatoms. The third kappa shape index (κ3) is 3.43. The SMILES string of the molecule is O=[N+]([O-])c1cnc(N=Nc2ccc(N3CCOCC3)cc2)s1. The van der Waals surface area contributed by atoms with E-state index in [1.54, 1.807) is 0 Å². The fourth-order valence-electron chi connectivity index (χ4n) is 2.04. The Balaban J connectivity index is 1.67. The van der Waals surface area contributed by atoms with E-state index in [0.717, 1.165) is 43.3 Å². The number of hydrogen-bond acceptors (Lipinski definition) is 8. The van der Waals surface area contributed by atoms with Crippen LogP contribution in [-0.2, 0) is 4.74 Å². The van der Waals surface area contributed by atoms with E-state index in [-0.39, 0.29) is 10.1 Å². The van der Waals surface area contributed by atoms with Gasteiger partial charge in [0.2, 0.25) is 5.13 Å². The Labute approximate surface area is 130 Å². The molecule has 114 valence electrons. The zero-order valence-electron chi connectivity index (χ0n) is 11.6. The molecule has 0 amide bonds. The number of morpholine rings is 1. The van der Waals surface area contributed by atoms with Gasteiger partial charge in [0.25, 0.3) is 0 Å². The molecule has 1 aromatic carbocycles. The highest BCUT2D eigenvalue weighted by atomic mass is 32.1. The van der Waals surface area contributed by atoms with Gasteiger partial charge in [0.1, 0.15) is 6.20 Å². The summed E-state index contributed by atoms with van der Waals surface area (Å²) in [5.74, 6) is 0. The van der Waals surface area contributed by atoms with Gasteiger partial charge in [-0.05, 0) is 35.6 Å². The smallest absolute Gasteiger partial charge is 0.345 e. The van der Waals surface area contributed by atoms with Crippen LogP contribution in [0.3, 0.4) is 0 Å². The Morgan fingerprint density at radius 3 is 2.59 bits per heavy atom.